The zero-order valence-electron chi connectivity index (χ0n) is 21.3. The topological polar surface area (TPSA) is 107 Å². The van der Waals surface area contributed by atoms with Crippen molar-refractivity contribution >= 4 is 11.7 Å². The lowest BCUT2D eigenvalue weighted by molar-refractivity contribution is -0.122. The summed E-state index contributed by atoms with van der Waals surface area (Å²) in [4.78, 5) is 39.0. The minimum atomic E-state index is -0.903. The zero-order valence-corrected chi connectivity index (χ0v) is 21.3. The number of rotatable bonds is 9. The molecule has 0 fully saturated rings. The lowest BCUT2D eigenvalue weighted by Crippen LogP contribution is -2.46. The molecule has 1 amide bonds. The van der Waals surface area contributed by atoms with Gasteiger partial charge in [-0.05, 0) is 37.0 Å². The molecule has 0 bridgehead atoms. The summed E-state index contributed by atoms with van der Waals surface area (Å²) in [6.07, 6.45) is 0. The third kappa shape index (κ3) is 5.58. The van der Waals surface area contributed by atoms with E-state index in [-0.39, 0.29) is 23.9 Å². The Morgan fingerprint density at radius 1 is 0.919 bits per heavy atom. The van der Waals surface area contributed by atoms with Gasteiger partial charge < -0.3 is 9.73 Å². The van der Waals surface area contributed by atoms with E-state index in [2.05, 4.69) is 15.5 Å². The van der Waals surface area contributed by atoms with Gasteiger partial charge >= 0.3 is 0 Å². The molecule has 0 spiro atoms. The maximum absolute atomic E-state index is 13.3. The van der Waals surface area contributed by atoms with Crippen molar-refractivity contribution in [2.75, 3.05) is 0 Å². The molecule has 1 unspecified atom stereocenters. The van der Waals surface area contributed by atoms with E-state index >= 15 is 0 Å². The molecule has 1 atom stereocenters. The van der Waals surface area contributed by atoms with Gasteiger partial charge in [0.05, 0.1) is 17.2 Å². The van der Waals surface area contributed by atoms with E-state index in [1.165, 1.54) is 10.6 Å². The quantitative estimate of drug-likeness (QED) is 0.346. The van der Waals surface area contributed by atoms with Crippen molar-refractivity contribution in [3.63, 3.8) is 0 Å². The predicted octanol–water partition coefficient (Wildman–Crippen LogP) is 4.25. The minimum absolute atomic E-state index is 0.167. The first kappa shape index (κ1) is 25.8. The second-order valence-electron chi connectivity index (χ2n) is 9.76. The van der Waals surface area contributed by atoms with Gasteiger partial charge in [0.2, 0.25) is 17.6 Å². The Bertz CT molecular complexity index is 1440. The third-order valence-electron chi connectivity index (χ3n) is 6.35. The van der Waals surface area contributed by atoms with Crippen LogP contribution in [0.25, 0.3) is 11.3 Å². The average Bonchev–Trinajstić information content (AvgIpc) is 3.40. The Balaban J connectivity index is 1.54. The van der Waals surface area contributed by atoms with Gasteiger partial charge in [-0.1, -0.05) is 80.6 Å². The molecule has 0 saturated carbocycles. The number of nitrogens with one attached hydrogen (secondary N) is 1. The molecule has 4 rings (SSSR count). The summed E-state index contributed by atoms with van der Waals surface area (Å²) >= 11 is 0. The van der Waals surface area contributed by atoms with E-state index in [0.29, 0.717) is 11.6 Å². The van der Waals surface area contributed by atoms with E-state index in [1.807, 2.05) is 88.4 Å². The number of benzene rings is 2. The number of aromatic nitrogens is 3. The molecule has 0 radical (unpaired) electrons. The van der Waals surface area contributed by atoms with Gasteiger partial charge in [-0.2, -0.15) is 0 Å². The fourth-order valence-corrected chi connectivity index (χ4v) is 4.13. The number of amides is 1. The van der Waals surface area contributed by atoms with E-state index in [9.17, 15) is 14.4 Å². The standard InChI is InChI=1S/C29H30N4O4/c1-19(2)25(26(36)27-31-32-28(37-27)29(3,4)21-14-9-6-10-15-21)30-23(34)18-33-22(16-11-17-24(33)35)20-12-7-5-8-13-20/h5-17,19,25H,18H2,1-4H3,(H,30,34). The normalized spacial score (nSPS) is 12.4. The largest absolute Gasteiger partial charge is 0.417 e. The van der Waals surface area contributed by atoms with Crippen LogP contribution in [0.3, 0.4) is 0 Å². The number of carbonyl (C=O) groups is 2. The van der Waals surface area contributed by atoms with Crippen molar-refractivity contribution in [2.45, 2.75) is 45.7 Å². The van der Waals surface area contributed by atoms with E-state index in [4.69, 9.17) is 4.42 Å². The van der Waals surface area contributed by atoms with Crippen LogP contribution in [0.4, 0.5) is 0 Å². The van der Waals surface area contributed by atoms with Gasteiger partial charge in [-0.25, -0.2) is 0 Å². The molecule has 2 aromatic carbocycles. The predicted molar refractivity (Wildman–Crippen MR) is 140 cm³/mol. The Hall–Kier alpha value is -4.33. The van der Waals surface area contributed by atoms with Crippen LogP contribution in [-0.2, 0) is 16.8 Å². The summed E-state index contributed by atoms with van der Waals surface area (Å²) < 4.78 is 7.20. The van der Waals surface area contributed by atoms with Crippen LogP contribution in [-0.4, -0.2) is 32.5 Å². The second kappa shape index (κ2) is 10.7. The smallest absolute Gasteiger partial charge is 0.286 e. The van der Waals surface area contributed by atoms with E-state index in [1.54, 1.807) is 12.1 Å². The van der Waals surface area contributed by atoms with Crippen LogP contribution in [0.5, 0.6) is 0 Å². The Morgan fingerprint density at radius 2 is 1.57 bits per heavy atom. The first-order chi connectivity index (χ1) is 17.7. The summed E-state index contributed by atoms with van der Waals surface area (Å²) in [6, 6.07) is 23.0. The lowest BCUT2D eigenvalue weighted by atomic mass is 9.85. The number of hydrogen-bond donors (Lipinski definition) is 1. The molecular formula is C29H30N4O4. The van der Waals surface area contributed by atoms with Gasteiger partial charge in [-0.15, -0.1) is 10.2 Å². The lowest BCUT2D eigenvalue weighted by Gasteiger charge is -2.21. The SMILES string of the molecule is CC(C)C(NC(=O)Cn1c(-c2ccccc2)cccc1=O)C(=O)c1nnc(C(C)(C)c2ccccc2)o1. The summed E-state index contributed by atoms with van der Waals surface area (Å²) in [6.45, 7) is 7.27. The van der Waals surface area contributed by atoms with Gasteiger partial charge in [0, 0.05) is 6.07 Å². The molecule has 0 saturated heterocycles. The molecule has 0 aliphatic carbocycles. The van der Waals surface area contributed by atoms with Crippen molar-refractivity contribution in [3.8, 4) is 11.3 Å². The van der Waals surface area contributed by atoms with Gasteiger partial charge in [-0.3, -0.25) is 19.0 Å². The molecule has 4 aromatic rings. The van der Waals surface area contributed by atoms with E-state index in [0.717, 1.165) is 11.1 Å². The Morgan fingerprint density at radius 3 is 2.22 bits per heavy atom. The van der Waals surface area contributed by atoms with Crippen molar-refractivity contribution < 1.29 is 14.0 Å². The van der Waals surface area contributed by atoms with Crippen molar-refractivity contribution in [1.29, 1.82) is 0 Å². The number of pyridine rings is 1. The number of carbonyl (C=O) groups excluding carboxylic acids is 2. The highest BCUT2D eigenvalue weighted by molar-refractivity contribution is 5.98. The zero-order chi connectivity index (χ0) is 26.6. The molecule has 2 aromatic heterocycles. The highest BCUT2D eigenvalue weighted by atomic mass is 16.4. The van der Waals surface area contributed by atoms with Crippen LogP contribution in [0.2, 0.25) is 0 Å². The number of hydrogen-bond acceptors (Lipinski definition) is 6. The first-order valence-corrected chi connectivity index (χ1v) is 12.2. The second-order valence-corrected chi connectivity index (χ2v) is 9.76. The van der Waals surface area contributed by atoms with Crippen LogP contribution < -0.4 is 10.9 Å². The summed E-state index contributed by atoms with van der Waals surface area (Å²) in [5.74, 6) is -1.06. The monoisotopic (exact) mass is 498 g/mol. The molecule has 8 heteroatoms. The fraction of sp³-hybridized carbons (Fsp3) is 0.276. The Kier molecular flexibility index (Phi) is 7.47. The third-order valence-corrected chi connectivity index (χ3v) is 6.35. The van der Waals surface area contributed by atoms with Gasteiger partial charge in [0.25, 0.3) is 11.4 Å². The van der Waals surface area contributed by atoms with Crippen molar-refractivity contribution in [3.05, 3.63) is 107 Å². The van der Waals surface area contributed by atoms with Gasteiger partial charge in [0.15, 0.2) is 0 Å². The molecule has 1 N–H and O–H groups in total. The van der Waals surface area contributed by atoms with Crippen molar-refractivity contribution in [2.24, 2.45) is 5.92 Å². The van der Waals surface area contributed by atoms with Gasteiger partial charge in [0.1, 0.15) is 6.54 Å². The van der Waals surface area contributed by atoms with Crippen molar-refractivity contribution in [1.82, 2.24) is 20.1 Å². The highest BCUT2D eigenvalue weighted by Gasteiger charge is 2.34. The molecule has 2 heterocycles. The maximum Gasteiger partial charge on any atom is 0.286 e. The summed E-state index contributed by atoms with van der Waals surface area (Å²) in [5, 5.41) is 10.9. The summed E-state index contributed by atoms with van der Waals surface area (Å²) in [7, 11) is 0. The van der Waals surface area contributed by atoms with Crippen LogP contribution in [0.1, 0.15) is 49.8 Å². The molecule has 0 aliphatic heterocycles. The van der Waals surface area contributed by atoms with Crippen LogP contribution in [0, 0.1) is 5.92 Å². The molecular weight excluding hydrogens is 468 g/mol. The highest BCUT2D eigenvalue weighted by Crippen LogP contribution is 2.30. The number of nitrogens with zero attached hydrogens (tertiary/aromatic N) is 3. The summed E-state index contributed by atoms with van der Waals surface area (Å²) in [5.41, 5.74) is 1.47. The van der Waals surface area contributed by atoms with Crippen LogP contribution >= 0.6 is 0 Å². The molecule has 0 aliphatic rings. The average molecular weight is 499 g/mol. The fourth-order valence-electron chi connectivity index (χ4n) is 4.13. The molecule has 37 heavy (non-hydrogen) atoms. The number of Topliss-reactive ketones (excluding diaryl/α,β-unsaturated/α-hetero) is 1. The number of ketones is 1. The Labute approximate surface area is 215 Å². The molecule has 8 nitrogen and oxygen atoms in total. The maximum atomic E-state index is 13.3. The van der Waals surface area contributed by atoms with E-state index < -0.39 is 23.1 Å². The first-order valence-electron chi connectivity index (χ1n) is 12.2. The van der Waals surface area contributed by atoms with Crippen LogP contribution in [0.15, 0.2) is 88.1 Å². The minimum Gasteiger partial charge on any atom is -0.417 e. The molecule has 190 valence electrons.